The number of amides is 1. The maximum Gasteiger partial charge on any atom is 0.305 e. The monoisotopic (exact) mass is 575 g/mol. The molecule has 3 rings (SSSR count). The second-order valence-electron chi connectivity index (χ2n) is 11.5. The van der Waals surface area contributed by atoms with Gasteiger partial charge in [-0.2, -0.15) is 4.98 Å². The molecule has 3 N–H and O–H groups in total. The van der Waals surface area contributed by atoms with E-state index in [4.69, 9.17) is 9.47 Å². The summed E-state index contributed by atoms with van der Waals surface area (Å²) in [4.78, 5) is 47.7. The number of aromatic amines is 1. The fraction of sp³-hybridized carbons (Fsp3) is 0.767. The quantitative estimate of drug-likeness (QED) is 0.149. The van der Waals surface area contributed by atoms with Gasteiger partial charge in [-0.05, 0) is 6.42 Å². The molecule has 0 aliphatic carbocycles. The van der Waals surface area contributed by atoms with Crippen LogP contribution in [0.15, 0.2) is 11.1 Å². The number of fused-ring (bicyclic) bond motifs is 1. The number of carbonyl (C=O) groups is 2. The lowest BCUT2D eigenvalue weighted by molar-refractivity contribution is -0.150. The highest BCUT2D eigenvalue weighted by Crippen LogP contribution is 2.31. The van der Waals surface area contributed by atoms with Gasteiger partial charge in [-0.25, -0.2) is 4.98 Å². The molecule has 0 unspecified atom stereocenters. The Morgan fingerprint density at radius 2 is 1.68 bits per heavy atom. The molecule has 1 saturated heterocycles. The molecule has 0 radical (unpaired) electrons. The van der Waals surface area contributed by atoms with Crippen LogP contribution in [0.25, 0.3) is 11.2 Å². The van der Waals surface area contributed by atoms with Crippen molar-refractivity contribution in [3.05, 3.63) is 16.7 Å². The van der Waals surface area contributed by atoms with Gasteiger partial charge >= 0.3 is 5.97 Å². The molecule has 1 fully saturated rings. The Balaban J connectivity index is 1.34. The highest BCUT2D eigenvalue weighted by atomic mass is 16.6. The van der Waals surface area contributed by atoms with Crippen LogP contribution < -0.4 is 10.9 Å². The minimum absolute atomic E-state index is 0.0140. The van der Waals surface area contributed by atoms with Crippen molar-refractivity contribution in [1.82, 2.24) is 19.5 Å². The molecule has 3 heterocycles. The van der Waals surface area contributed by atoms with Crippen LogP contribution in [0.1, 0.15) is 123 Å². The number of hydrogen-bond acceptors (Lipinski definition) is 8. The van der Waals surface area contributed by atoms with Crippen molar-refractivity contribution in [3.63, 3.8) is 0 Å². The Kier molecular flexibility index (Phi) is 13.8. The number of imidazole rings is 1. The smallest absolute Gasteiger partial charge is 0.305 e. The second-order valence-corrected chi connectivity index (χ2v) is 11.5. The summed E-state index contributed by atoms with van der Waals surface area (Å²) in [7, 11) is 0. The maximum absolute atomic E-state index is 12.4. The first kappa shape index (κ1) is 32.7. The largest absolute Gasteiger partial charge is 0.463 e. The molecule has 0 bridgehead atoms. The molecule has 1 amide bonds. The molecular weight excluding hydrogens is 526 g/mol. The molecule has 2 aromatic heterocycles. The molecule has 2 aromatic rings. The van der Waals surface area contributed by atoms with Crippen LogP contribution in [0.3, 0.4) is 0 Å². The van der Waals surface area contributed by atoms with Crippen molar-refractivity contribution in [2.75, 3.05) is 11.9 Å². The van der Waals surface area contributed by atoms with E-state index in [0.717, 1.165) is 19.3 Å². The number of aliphatic hydroxyl groups is 1. The van der Waals surface area contributed by atoms with Gasteiger partial charge in [0.15, 0.2) is 11.2 Å². The van der Waals surface area contributed by atoms with Crippen LogP contribution in [0, 0.1) is 5.92 Å². The minimum Gasteiger partial charge on any atom is -0.463 e. The van der Waals surface area contributed by atoms with Gasteiger partial charge in [0.1, 0.15) is 18.9 Å². The SMILES string of the molecule is CCCCCCCCCCCCCCCC(=O)OC[C@H]1O[C@@H](n2cnc3c(=O)[nH]c(NC(=O)C(C)C)nc32)C[C@@H]1O. The summed E-state index contributed by atoms with van der Waals surface area (Å²) < 4.78 is 12.9. The predicted molar refractivity (Wildman–Crippen MR) is 157 cm³/mol. The van der Waals surface area contributed by atoms with Gasteiger partial charge in [-0.1, -0.05) is 97.8 Å². The fourth-order valence-corrected chi connectivity index (χ4v) is 5.03. The molecular formula is C30H49N5O6. The van der Waals surface area contributed by atoms with Crippen LogP contribution in [0.5, 0.6) is 0 Å². The molecule has 3 atom stereocenters. The normalized spacial score (nSPS) is 18.8. The van der Waals surface area contributed by atoms with Crippen LogP contribution in [-0.2, 0) is 19.1 Å². The third kappa shape index (κ3) is 10.5. The van der Waals surface area contributed by atoms with Crippen molar-refractivity contribution < 1.29 is 24.2 Å². The summed E-state index contributed by atoms with van der Waals surface area (Å²) in [6.45, 7) is 5.66. The number of rotatable bonds is 19. The molecule has 0 aromatic carbocycles. The van der Waals surface area contributed by atoms with E-state index in [1.165, 1.54) is 70.5 Å². The number of nitrogens with one attached hydrogen (secondary N) is 2. The average molecular weight is 576 g/mol. The Hall–Kier alpha value is -2.79. The first-order valence-electron chi connectivity index (χ1n) is 15.6. The summed E-state index contributed by atoms with van der Waals surface area (Å²) in [5, 5.41) is 13.1. The van der Waals surface area contributed by atoms with Gasteiger partial charge in [0.25, 0.3) is 5.56 Å². The molecule has 1 aliphatic heterocycles. The lowest BCUT2D eigenvalue weighted by Gasteiger charge is -2.16. The van der Waals surface area contributed by atoms with Crippen LogP contribution >= 0.6 is 0 Å². The van der Waals surface area contributed by atoms with E-state index in [0.29, 0.717) is 6.42 Å². The lowest BCUT2D eigenvalue weighted by Crippen LogP contribution is -2.28. The van der Waals surface area contributed by atoms with E-state index in [1.54, 1.807) is 18.4 Å². The maximum atomic E-state index is 12.4. The van der Waals surface area contributed by atoms with Crippen molar-refractivity contribution in [3.8, 4) is 0 Å². The topological polar surface area (TPSA) is 148 Å². The van der Waals surface area contributed by atoms with E-state index < -0.39 is 24.0 Å². The van der Waals surface area contributed by atoms with Crippen molar-refractivity contribution >= 4 is 29.0 Å². The molecule has 0 spiro atoms. The molecule has 41 heavy (non-hydrogen) atoms. The van der Waals surface area contributed by atoms with Gasteiger partial charge in [-0.3, -0.25) is 29.3 Å². The molecule has 11 heteroatoms. The summed E-state index contributed by atoms with van der Waals surface area (Å²) in [6, 6.07) is 0. The second kappa shape index (κ2) is 17.2. The Bertz CT molecular complexity index is 1150. The van der Waals surface area contributed by atoms with Gasteiger partial charge in [0.2, 0.25) is 11.9 Å². The van der Waals surface area contributed by atoms with Crippen molar-refractivity contribution in [2.24, 2.45) is 5.92 Å². The first-order chi connectivity index (χ1) is 19.8. The van der Waals surface area contributed by atoms with Gasteiger partial charge in [0, 0.05) is 18.8 Å². The molecule has 0 saturated carbocycles. The van der Waals surface area contributed by atoms with E-state index in [9.17, 15) is 19.5 Å². The Morgan fingerprint density at radius 1 is 1.07 bits per heavy atom. The summed E-state index contributed by atoms with van der Waals surface area (Å²) in [6.07, 6.45) is 16.0. The summed E-state index contributed by atoms with van der Waals surface area (Å²) in [5.74, 6) is -0.853. The minimum atomic E-state index is -0.858. The van der Waals surface area contributed by atoms with Crippen LogP contribution in [0.2, 0.25) is 0 Å². The zero-order chi connectivity index (χ0) is 29.6. The van der Waals surface area contributed by atoms with Gasteiger partial charge in [-0.15, -0.1) is 0 Å². The van der Waals surface area contributed by atoms with E-state index in [-0.39, 0.29) is 47.9 Å². The summed E-state index contributed by atoms with van der Waals surface area (Å²) >= 11 is 0. The highest BCUT2D eigenvalue weighted by molar-refractivity contribution is 5.91. The van der Waals surface area contributed by atoms with E-state index >= 15 is 0 Å². The number of aromatic nitrogens is 4. The van der Waals surface area contributed by atoms with Crippen molar-refractivity contribution in [1.29, 1.82) is 0 Å². The zero-order valence-corrected chi connectivity index (χ0v) is 25.0. The van der Waals surface area contributed by atoms with E-state index in [1.807, 2.05) is 0 Å². The number of nitrogens with zero attached hydrogens (tertiary/aromatic N) is 3. The summed E-state index contributed by atoms with van der Waals surface area (Å²) in [5.41, 5.74) is -0.173. The number of aliphatic hydroxyl groups excluding tert-OH is 1. The number of carbonyl (C=O) groups excluding carboxylic acids is 2. The number of anilines is 1. The van der Waals surface area contributed by atoms with Crippen molar-refractivity contribution in [2.45, 2.75) is 136 Å². The third-order valence-corrected chi connectivity index (χ3v) is 7.61. The Morgan fingerprint density at radius 3 is 2.29 bits per heavy atom. The molecule has 230 valence electrons. The van der Waals surface area contributed by atoms with Crippen LogP contribution in [0.4, 0.5) is 5.95 Å². The number of unbranched alkanes of at least 4 members (excludes halogenated alkanes) is 12. The van der Waals surface area contributed by atoms with Gasteiger partial charge in [0.05, 0.1) is 12.4 Å². The predicted octanol–water partition coefficient (Wildman–Crippen LogP) is 5.39. The molecule has 11 nitrogen and oxygen atoms in total. The lowest BCUT2D eigenvalue weighted by atomic mass is 10.0. The third-order valence-electron chi connectivity index (χ3n) is 7.61. The number of hydrogen-bond donors (Lipinski definition) is 3. The number of esters is 1. The standard InChI is InChI=1S/C30H49N5O6/c1-4-5-6-7-8-9-10-11-12-13-14-15-16-17-25(37)40-19-23-22(36)18-24(41-23)35-20-31-26-27(35)32-30(34-29(26)39)33-28(38)21(2)3/h20-24,36H,4-19H2,1-3H3,(H2,32,33,34,38,39)/t22-,23+,24+/m0/s1. The average Bonchev–Trinajstić information content (AvgIpc) is 3.53. The Labute approximate surface area is 242 Å². The number of H-pyrrole nitrogens is 1. The van der Waals surface area contributed by atoms with E-state index in [2.05, 4.69) is 27.2 Å². The number of ether oxygens (including phenoxy) is 2. The zero-order valence-electron chi connectivity index (χ0n) is 25.0. The molecule has 1 aliphatic rings. The highest BCUT2D eigenvalue weighted by Gasteiger charge is 2.37. The first-order valence-corrected chi connectivity index (χ1v) is 15.6. The van der Waals surface area contributed by atoms with Gasteiger partial charge < -0.3 is 14.6 Å². The fourth-order valence-electron chi connectivity index (χ4n) is 5.03. The van der Waals surface area contributed by atoms with Crippen LogP contribution in [-0.4, -0.2) is 55.3 Å².